The van der Waals surface area contributed by atoms with Crippen molar-refractivity contribution in [2.75, 3.05) is 19.6 Å². The van der Waals surface area contributed by atoms with Crippen LogP contribution >= 0.6 is 0 Å². The molecule has 1 aromatic rings. The molecule has 1 aliphatic carbocycles. The molecule has 3 heterocycles. The highest BCUT2D eigenvalue weighted by Gasteiger charge is 2.41. The molecule has 3 aliphatic rings. The summed E-state index contributed by atoms with van der Waals surface area (Å²) in [6.45, 7) is 7.09. The number of hydrogen-bond acceptors (Lipinski definition) is 3. The fourth-order valence-electron chi connectivity index (χ4n) is 4.51. The molecule has 4 heteroatoms. The lowest BCUT2D eigenvalue weighted by atomic mass is 9.95. The molecule has 1 aromatic heterocycles. The molecular formula is C16H26N4. The van der Waals surface area contributed by atoms with Gasteiger partial charge in [-0.3, -0.25) is 9.58 Å². The van der Waals surface area contributed by atoms with Gasteiger partial charge in [0.05, 0.1) is 11.7 Å². The lowest BCUT2D eigenvalue weighted by Crippen LogP contribution is -2.32. The molecule has 0 spiro atoms. The Balaban J connectivity index is 1.42. The summed E-state index contributed by atoms with van der Waals surface area (Å²) in [6.07, 6.45) is 7.58. The largest absolute Gasteiger partial charge is 0.316 e. The van der Waals surface area contributed by atoms with Crippen molar-refractivity contribution < 1.29 is 0 Å². The predicted molar refractivity (Wildman–Crippen MR) is 79.5 cm³/mol. The van der Waals surface area contributed by atoms with Gasteiger partial charge in [0.1, 0.15) is 0 Å². The van der Waals surface area contributed by atoms with E-state index in [1.54, 1.807) is 0 Å². The van der Waals surface area contributed by atoms with Gasteiger partial charge >= 0.3 is 0 Å². The zero-order valence-corrected chi connectivity index (χ0v) is 12.5. The van der Waals surface area contributed by atoms with Crippen LogP contribution in [0.4, 0.5) is 0 Å². The lowest BCUT2D eigenvalue weighted by molar-refractivity contribution is 0.227. The number of likely N-dealkylation sites (tertiary alicyclic amines) is 1. The molecule has 2 saturated heterocycles. The van der Waals surface area contributed by atoms with Crippen LogP contribution in [0.15, 0.2) is 12.3 Å². The number of aromatic nitrogens is 2. The molecule has 110 valence electrons. The Bertz CT molecular complexity index is 463. The van der Waals surface area contributed by atoms with Gasteiger partial charge in [-0.05, 0) is 50.8 Å². The standard InChI is InChI=1S/C16H26N4/c1-12-16-9-17-8-13(16)10-19(12)11-14-6-7-20(18-14)15-4-2-3-5-15/h6-7,12-13,15-17H,2-5,8-11H2,1H3. The maximum atomic E-state index is 4.84. The highest BCUT2D eigenvalue weighted by Crippen LogP contribution is 2.33. The monoisotopic (exact) mass is 274 g/mol. The van der Waals surface area contributed by atoms with Crippen LogP contribution in [0.2, 0.25) is 0 Å². The second kappa shape index (κ2) is 5.15. The summed E-state index contributed by atoms with van der Waals surface area (Å²) in [4.78, 5) is 2.64. The fourth-order valence-corrected chi connectivity index (χ4v) is 4.51. The first-order valence-corrected chi connectivity index (χ1v) is 8.30. The molecule has 4 rings (SSSR count). The van der Waals surface area contributed by atoms with Crippen molar-refractivity contribution in [3.05, 3.63) is 18.0 Å². The first-order valence-electron chi connectivity index (χ1n) is 8.30. The summed E-state index contributed by atoms with van der Waals surface area (Å²) < 4.78 is 2.23. The van der Waals surface area contributed by atoms with E-state index >= 15 is 0 Å². The van der Waals surface area contributed by atoms with Crippen LogP contribution < -0.4 is 5.32 Å². The summed E-state index contributed by atoms with van der Waals surface area (Å²) in [7, 11) is 0. The maximum Gasteiger partial charge on any atom is 0.0765 e. The van der Waals surface area contributed by atoms with Gasteiger partial charge in [-0.1, -0.05) is 12.8 Å². The fraction of sp³-hybridized carbons (Fsp3) is 0.812. The Kier molecular flexibility index (Phi) is 3.31. The van der Waals surface area contributed by atoms with Crippen molar-refractivity contribution in [3.8, 4) is 0 Å². The molecule has 4 nitrogen and oxygen atoms in total. The van der Waals surface area contributed by atoms with Gasteiger partial charge in [0.15, 0.2) is 0 Å². The number of nitrogens with zero attached hydrogens (tertiary/aromatic N) is 3. The molecule has 0 bridgehead atoms. The van der Waals surface area contributed by atoms with Crippen LogP contribution in [-0.2, 0) is 6.54 Å². The van der Waals surface area contributed by atoms with Crippen molar-refractivity contribution in [1.29, 1.82) is 0 Å². The minimum Gasteiger partial charge on any atom is -0.316 e. The SMILES string of the molecule is CC1C2CNCC2CN1Cc1ccn(C2CCCC2)n1. The van der Waals surface area contributed by atoms with E-state index in [1.165, 1.54) is 51.0 Å². The van der Waals surface area contributed by atoms with E-state index < -0.39 is 0 Å². The van der Waals surface area contributed by atoms with Crippen molar-refractivity contribution >= 4 is 0 Å². The molecule has 1 saturated carbocycles. The Morgan fingerprint density at radius 1 is 1.30 bits per heavy atom. The smallest absolute Gasteiger partial charge is 0.0765 e. The third kappa shape index (κ3) is 2.19. The third-order valence-corrected chi connectivity index (χ3v) is 5.78. The van der Waals surface area contributed by atoms with E-state index in [1.807, 2.05) is 0 Å². The van der Waals surface area contributed by atoms with Crippen molar-refractivity contribution in [1.82, 2.24) is 20.0 Å². The molecule has 0 amide bonds. The molecule has 20 heavy (non-hydrogen) atoms. The minimum absolute atomic E-state index is 0.670. The quantitative estimate of drug-likeness (QED) is 0.915. The highest BCUT2D eigenvalue weighted by molar-refractivity contribution is 5.04. The maximum absolute atomic E-state index is 4.84. The summed E-state index contributed by atoms with van der Waals surface area (Å²) in [5.74, 6) is 1.72. The number of rotatable bonds is 3. The molecular weight excluding hydrogens is 248 g/mol. The second-order valence-corrected chi connectivity index (χ2v) is 6.98. The lowest BCUT2D eigenvalue weighted by Gasteiger charge is -2.23. The molecule has 3 unspecified atom stereocenters. The topological polar surface area (TPSA) is 33.1 Å². The molecule has 2 aliphatic heterocycles. The van der Waals surface area contributed by atoms with Crippen molar-refractivity contribution in [3.63, 3.8) is 0 Å². The van der Waals surface area contributed by atoms with E-state index in [0.29, 0.717) is 12.1 Å². The Hall–Kier alpha value is -0.870. The first-order chi connectivity index (χ1) is 9.81. The Labute approximate surface area is 121 Å². The van der Waals surface area contributed by atoms with Crippen molar-refractivity contribution in [2.24, 2.45) is 11.8 Å². The van der Waals surface area contributed by atoms with Crippen LogP contribution in [0.1, 0.15) is 44.3 Å². The Morgan fingerprint density at radius 2 is 2.15 bits per heavy atom. The van der Waals surface area contributed by atoms with Crippen LogP contribution in [0.25, 0.3) is 0 Å². The van der Waals surface area contributed by atoms with Crippen molar-refractivity contribution in [2.45, 2.75) is 51.2 Å². The van der Waals surface area contributed by atoms with E-state index in [4.69, 9.17) is 5.10 Å². The highest BCUT2D eigenvalue weighted by atomic mass is 15.3. The van der Waals surface area contributed by atoms with Gasteiger partial charge < -0.3 is 5.32 Å². The van der Waals surface area contributed by atoms with Gasteiger partial charge in [-0.15, -0.1) is 0 Å². The zero-order valence-electron chi connectivity index (χ0n) is 12.5. The van der Waals surface area contributed by atoms with Crippen LogP contribution in [0.5, 0.6) is 0 Å². The molecule has 1 N–H and O–H groups in total. The van der Waals surface area contributed by atoms with Crippen LogP contribution in [0.3, 0.4) is 0 Å². The predicted octanol–water partition coefficient (Wildman–Crippen LogP) is 2.04. The molecule has 3 atom stereocenters. The van der Waals surface area contributed by atoms with Gasteiger partial charge in [0, 0.05) is 25.3 Å². The number of nitrogens with one attached hydrogen (secondary N) is 1. The second-order valence-electron chi connectivity index (χ2n) is 6.98. The first kappa shape index (κ1) is 12.8. The summed E-state index contributed by atoms with van der Waals surface area (Å²) >= 11 is 0. The Morgan fingerprint density at radius 3 is 2.95 bits per heavy atom. The van der Waals surface area contributed by atoms with E-state index in [2.05, 4.69) is 34.1 Å². The van der Waals surface area contributed by atoms with Gasteiger partial charge in [-0.25, -0.2) is 0 Å². The summed E-state index contributed by atoms with van der Waals surface area (Å²) in [5.41, 5.74) is 1.26. The average Bonchev–Trinajstić information content (AvgIpc) is 3.19. The zero-order chi connectivity index (χ0) is 13.5. The minimum atomic E-state index is 0.670. The van der Waals surface area contributed by atoms with Gasteiger partial charge in [0.25, 0.3) is 0 Å². The average molecular weight is 274 g/mol. The molecule has 0 aromatic carbocycles. The summed E-state index contributed by atoms with van der Waals surface area (Å²) in [5, 5.41) is 8.38. The van der Waals surface area contributed by atoms with Crippen LogP contribution in [0, 0.1) is 11.8 Å². The third-order valence-electron chi connectivity index (χ3n) is 5.78. The van der Waals surface area contributed by atoms with Crippen LogP contribution in [-0.4, -0.2) is 40.4 Å². The number of fused-ring (bicyclic) bond motifs is 1. The molecule has 0 radical (unpaired) electrons. The number of hydrogen-bond donors (Lipinski definition) is 1. The van der Waals surface area contributed by atoms with E-state index in [9.17, 15) is 0 Å². The van der Waals surface area contributed by atoms with E-state index in [-0.39, 0.29) is 0 Å². The molecule has 3 fully saturated rings. The normalized spacial score (nSPS) is 35.0. The van der Waals surface area contributed by atoms with Gasteiger partial charge in [0.2, 0.25) is 0 Å². The van der Waals surface area contributed by atoms with Gasteiger partial charge in [-0.2, -0.15) is 5.10 Å². The van der Waals surface area contributed by atoms with E-state index in [0.717, 1.165) is 18.4 Å². The summed E-state index contributed by atoms with van der Waals surface area (Å²) in [6, 6.07) is 3.60.